The fraction of sp³-hybridized carbons (Fsp3) is 0.667. The van der Waals surface area contributed by atoms with Gasteiger partial charge >= 0.3 is 0 Å². The molecule has 3 heteroatoms. The largest absolute Gasteiger partial charge is 0.434 e. The molecule has 0 unspecified atom stereocenters. The van der Waals surface area contributed by atoms with Crippen LogP contribution >= 0.6 is 12.2 Å². The molecule has 0 bridgehead atoms. The Bertz CT molecular complexity index is 284. The van der Waals surface area contributed by atoms with E-state index in [9.17, 15) is 0 Å². The molecule has 0 atom stereocenters. The monoisotopic (exact) mass is 183 g/mol. The summed E-state index contributed by atoms with van der Waals surface area (Å²) in [5.41, 5.74) is 1.24. The number of hydrogen-bond donors (Lipinski definition) is 1. The molecular formula is C9H13NOS. The van der Waals surface area contributed by atoms with Gasteiger partial charge in [-0.15, -0.1) is 0 Å². The van der Waals surface area contributed by atoms with Gasteiger partial charge in [0.2, 0.25) is 0 Å². The summed E-state index contributed by atoms with van der Waals surface area (Å²) in [4.78, 5) is 3.66. The normalized spacial score (nSPS) is 18.0. The van der Waals surface area contributed by atoms with Gasteiger partial charge in [0.25, 0.3) is 4.84 Å². The molecule has 2 nitrogen and oxygen atoms in total. The molecule has 0 radical (unpaired) electrons. The highest BCUT2D eigenvalue weighted by atomic mass is 32.1. The lowest BCUT2D eigenvalue weighted by atomic mass is 10.0. The van der Waals surface area contributed by atoms with E-state index in [2.05, 4.69) is 4.98 Å². The third-order valence-electron chi connectivity index (χ3n) is 2.39. The first-order valence-electron chi connectivity index (χ1n) is 4.57. The van der Waals surface area contributed by atoms with Crippen LogP contribution in [0.4, 0.5) is 0 Å². The molecule has 1 heterocycles. The molecule has 0 fully saturated rings. The van der Waals surface area contributed by atoms with Crippen molar-refractivity contribution in [3.8, 4) is 0 Å². The first kappa shape index (κ1) is 8.05. The summed E-state index contributed by atoms with van der Waals surface area (Å²) >= 11 is 4.95. The van der Waals surface area contributed by atoms with E-state index in [0.29, 0.717) is 4.84 Å². The molecule has 1 N–H and O–H groups in total. The van der Waals surface area contributed by atoms with Gasteiger partial charge in [0, 0.05) is 6.42 Å². The summed E-state index contributed by atoms with van der Waals surface area (Å²) in [5, 5.41) is 0. The predicted molar refractivity (Wildman–Crippen MR) is 49.8 cm³/mol. The average Bonchev–Trinajstić information content (AvgIpc) is 2.32. The number of nitrogens with one attached hydrogen (secondary N) is 1. The Hall–Kier alpha value is -0.570. The smallest absolute Gasteiger partial charge is 0.266 e. The summed E-state index contributed by atoms with van der Waals surface area (Å²) < 4.78 is 5.40. The van der Waals surface area contributed by atoms with E-state index in [0.717, 1.165) is 18.6 Å². The Morgan fingerprint density at radius 2 is 1.83 bits per heavy atom. The van der Waals surface area contributed by atoms with Crippen LogP contribution in [-0.2, 0) is 12.8 Å². The van der Waals surface area contributed by atoms with Gasteiger partial charge in [0.1, 0.15) is 5.76 Å². The van der Waals surface area contributed by atoms with Gasteiger partial charge in [-0.1, -0.05) is 12.8 Å². The van der Waals surface area contributed by atoms with Crippen molar-refractivity contribution in [3.63, 3.8) is 0 Å². The van der Waals surface area contributed by atoms with Crippen molar-refractivity contribution >= 4 is 12.2 Å². The molecular weight excluding hydrogens is 170 g/mol. The van der Waals surface area contributed by atoms with Crippen LogP contribution in [0.1, 0.15) is 37.1 Å². The molecule has 0 aromatic carbocycles. The third-order valence-corrected chi connectivity index (χ3v) is 2.57. The Balaban J connectivity index is 2.29. The van der Waals surface area contributed by atoms with Crippen LogP contribution < -0.4 is 0 Å². The van der Waals surface area contributed by atoms with E-state index < -0.39 is 0 Å². The maximum absolute atomic E-state index is 5.40. The molecule has 1 aromatic heterocycles. The second kappa shape index (κ2) is 3.44. The van der Waals surface area contributed by atoms with Gasteiger partial charge in [-0.05, 0) is 31.5 Å². The Morgan fingerprint density at radius 1 is 1.08 bits per heavy atom. The molecule has 1 aromatic rings. The van der Waals surface area contributed by atoms with Crippen molar-refractivity contribution in [3.05, 3.63) is 16.3 Å². The Morgan fingerprint density at radius 3 is 2.67 bits per heavy atom. The van der Waals surface area contributed by atoms with Crippen molar-refractivity contribution in [1.29, 1.82) is 0 Å². The lowest BCUT2D eigenvalue weighted by Crippen LogP contribution is -1.97. The summed E-state index contributed by atoms with van der Waals surface area (Å²) in [5.74, 6) is 1.10. The minimum atomic E-state index is 0.543. The molecule has 12 heavy (non-hydrogen) atoms. The summed E-state index contributed by atoms with van der Waals surface area (Å²) in [6, 6.07) is 0. The summed E-state index contributed by atoms with van der Waals surface area (Å²) in [6.07, 6.45) is 7.33. The number of H-pyrrole nitrogens is 1. The highest BCUT2D eigenvalue weighted by molar-refractivity contribution is 7.71. The van der Waals surface area contributed by atoms with Gasteiger partial charge < -0.3 is 9.40 Å². The molecule has 2 rings (SSSR count). The lowest BCUT2D eigenvalue weighted by Gasteiger charge is -2.06. The molecule has 0 aliphatic heterocycles. The van der Waals surface area contributed by atoms with Gasteiger partial charge in [-0.3, -0.25) is 0 Å². The van der Waals surface area contributed by atoms with Gasteiger partial charge in [0.05, 0.1) is 5.69 Å². The second-order valence-electron chi connectivity index (χ2n) is 3.33. The van der Waals surface area contributed by atoms with Crippen molar-refractivity contribution in [2.24, 2.45) is 0 Å². The second-order valence-corrected chi connectivity index (χ2v) is 3.70. The Labute approximate surface area is 77.0 Å². The maximum Gasteiger partial charge on any atom is 0.266 e. The van der Waals surface area contributed by atoms with E-state index in [1.54, 1.807) is 0 Å². The Kier molecular flexibility index (Phi) is 2.30. The quantitative estimate of drug-likeness (QED) is 0.626. The van der Waals surface area contributed by atoms with E-state index in [4.69, 9.17) is 16.6 Å². The average molecular weight is 183 g/mol. The summed E-state index contributed by atoms with van der Waals surface area (Å²) in [7, 11) is 0. The number of oxazole rings is 1. The van der Waals surface area contributed by atoms with Crippen molar-refractivity contribution < 1.29 is 4.42 Å². The van der Waals surface area contributed by atoms with Gasteiger partial charge in [0.15, 0.2) is 0 Å². The van der Waals surface area contributed by atoms with Crippen LogP contribution in [0, 0.1) is 4.84 Å². The highest BCUT2D eigenvalue weighted by Crippen LogP contribution is 2.19. The minimum Gasteiger partial charge on any atom is -0.434 e. The van der Waals surface area contributed by atoms with Crippen molar-refractivity contribution in [2.75, 3.05) is 0 Å². The number of aryl methyl sites for hydroxylation is 2. The van der Waals surface area contributed by atoms with E-state index >= 15 is 0 Å². The van der Waals surface area contributed by atoms with E-state index in [1.165, 1.54) is 31.4 Å². The topological polar surface area (TPSA) is 28.9 Å². The molecule has 0 amide bonds. The van der Waals surface area contributed by atoms with Crippen LogP contribution in [0.2, 0.25) is 0 Å². The number of rotatable bonds is 0. The number of aromatic nitrogens is 1. The lowest BCUT2D eigenvalue weighted by molar-refractivity contribution is 0.466. The van der Waals surface area contributed by atoms with Crippen molar-refractivity contribution in [1.82, 2.24) is 4.98 Å². The molecule has 1 aliphatic rings. The number of fused-ring (bicyclic) bond motifs is 1. The maximum atomic E-state index is 5.40. The predicted octanol–water partition coefficient (Wildman–Crippen LogP) is 3.00. The van der Waals surface area contributed by atoms with Gasteiger partial charge in [-0.2, -0.15) is 0 Å². The van der Waals surface area contributed by atoms with Crippen molar-refractivity contribution in [2.45, 2.75) is 38.5 Å². The van der Waals surface area contributed by atoms with E-state index in [1.807, 2.05) is 0 Å². The molecule has 1 aliphatic carbocycles. The third kappa shape index (κ3) is 1.61. The number of aromatic amines is 1. The van der Waals surface area contributed by atoms with Crippen LogP contribution in [0.3, 0.4) is 0 Å². The fourth-order valence-corrected chi connectivity index (χ4v) is 1.96. The van der Waals surface area contributed by atoms with Crippen LogP contribution in [0.25, 0.3) is 0 Å². The highest BCUT2D eigenvalue weighted by Gasteiger charge is 2.10. The zero-order valence-corrected chi connectivity index (χ0v) is 7.88. The number of hydrogen-bond acceptors (Lipinski definition) is 2. The SMILES string of the molecule is S=c1[nH]c2c(o1)CCCCCC2. The van der Waals surface area contributed by atoms with Crippen LogP contribution in [0.5, 0.6) is 0 Å². The standard InChI is InChI=1S/C9H13NOS/c12-9-10-7-5-3-1-2-4-6-8(7)11-9/h1-6H2,(H,10,12). The fourth-order valence-electron chi connectivity index (χ4n) is 1.74. The summed E-state index contributed by atoms with van der Waals surface area (Å²) in [6.45, 7) is 0. The molecule has 0 saturated carbocycles. The van der Waals surface area contributed by atoms with Crippen LogP contribution in [0.15, 0.2) is 4.42 Å². The van der Waals surface area contributed by atoms with Crippen LogP contribution in [-0.4, -0.2) is 4.98 Å². The van der Waals surface area contributed by atoms with E-state index in [-0.39, 0.29) is 0 Å². The van der Waals surface area contributed by atoms with Gasteiger partial charge in [-0.25, -0.2) is 0 Å². The zero-order chi connectivity index (χ0) is 8.39. The molecule has 0 spiro atoms. The molecule has 66 valence electrons. The first-order chi connectivity index (χ1) is 5.86. The minimum absolute atomic E-state index is 0.543. The zero-order valence-electron chi connectivity index (χ0n) is 7.06. The first-order valence-corrected chi connectivity index (χ1v) is 4.98. The molecule has 0 saturated heterocycles.